The highest BCUT2D eigenvalue weighted by molar-refractivity contribution is 7.90. The second-order valence-electron chi connectivity index (χ2n) is 5.65. The van der Waals surface area contributed by atoms with Crippen LogP contribution in [0, 0.1) is 11.7 Å². The van der Waals surface area contributed by atoms with Gasteiger partial charge in [0.1, 0.15) is 5.82 Å². The van der Waals surface area contributed by atoms with Gasteiger partial charge in [0.15, 0.2) is 9.84 Å². The first kappa shape index (κ1) is 15.9. The van der Waals surface area contributed by atoms with E-state index in [2.05, 4.69) is 5.32 Å². The van der Waals surface area contributed by atoms with Gasteiger partial charge in [0.2, 0.25) is 5.91 Å². The number of amides is 1. The molecule has 0 spiro atoms. The molecule has 1 aliphatic rings. The maximum Gasteiger partial charge on any atom is 0.224 e. The zero-order chi connectivity index (χ0) is 15.5. The number of benzene rings is 1. The van der Waals surface area contributed by atoms with E-state index in [1.165, 1.54) is 18.9 Å². The number of sulfone groups is 1. The summed E-state index contributed by atoms with van der Waals surface area (Å²) in [6.45, 7) is 0. The lowest BCUT2D eigenvalue weighted by Gasteiger charge is -2.10. The number of rotatable bonds is 5. The minimum Gasteiger partial charge on any atom is -0.324 e. The van der Waals surface area contributed by atoms with Gasteiger partial charge in [-0.15, -0.1) is 0 Å². The van der Waals surface area contributed by atoms with E-state index < -0.39 is 15.7 Å². The predicted octanol–water partition coefficient (Wildman–Crippen LogP) is 3.14. The van der Waals surface area contributed by atoms with Crippen molar-refractivity contribution >= 4 is 21.4 Å². The standard InChI is InChI=1S/C15H20FNO3S/c1-21(19,20)12-7-8-13(16)14(10-12)17-15(18)9-6-11-4-2-3-5-11/h7-8,10-11H,2-6,9H2,1H3,(H,17,18). The van der Waals surface area contributed by atoms with Crippen LogP contribution in [0.3, 0.4) is 0 Å². The van der Waals surface area contributed by atoms with Gasteiger partial charge in [0.25, 0.3) is 0 Å². The summed E-state index contributed by atoms with van der Waals surface area (Å²) in [5.41, 5.74) is -0.0747. The summed E-state index contributed by atoms with van der Waals surface area (Å²) in [6, 6.07) is 3.42. The molecule has 0 radical (unpaired) electrons. The van der Waals surface area contributed by atoms with Crippen LogP contribution in [0.1, 0.15) is 38.5 Å². The van der Waals surface area contributed by atoms with Crippen molar-refractivity contribution in [1.29, 1.82) is 0 Å². The van der Waals surface area contributed by atoms with E-state index in [0.29, 0.717) is 12.3 Å². The Labute approximate surface area is 124 Å². The monoisotopic (exact) mass is 313 g/mol. The summed E-state index contributed by atoms with van der Waals surface area (Å²) in [7, 11) is -3.42. The molecule has 0 bridgehead atoms. The van der Waals surface area contributed by atoms with Gasteiger partial charge in [-0.3, -0.25) is 4.79 Å². The molecule has 1 saturated carbocycles. The van der Waals surface area contributed by atoms with Gasteiger partial charge in [-0.1, -0.05) is 25.7 Å². The van der Waals surface area contributed by atoms with E-state index in [1.807, 2.05) is 0 Å². The summed E-state index contributed by atoms with van der Waals surface area (Å²) in [6.07, 6.45) is 6.95. The Balaban J connectivity index is 1.99. The van der Waals surface area contributed by atoms with Crippen molar-refractivity contribution in [1.82, 2.24) is 0 Å². The summed E-state index contributed by atoms with van der Waals surface area (Å²) >= 11 is 0. The molecular formula is C15H20FNO3S. The molecule has 0 heterocycles. The highest BCUT2D eigenvalue weighted by Crippen LogP contribution is 2.28. The van der Waals surface area contributed by atoms with Crippen molar-refractivity contribution in [3.8, 4) is 0 Å². The summed E-state index contributed by atoms with van der Waals surface area (Å²) in [5.74, 6) is -0.314. The smallest absolute Gasteiger partial charge is 0.224 e. The highest BCUT2D eigenvalue weighted by Gasteiger charge is 2.17. The molecule has 4 nitrogen and oxygen atoms in total. The molecule has 0 unspecified atom stereocenters. The Hall–Kier alpha value is -1.43. The quantitative estimate of drug-likeness (QED) is 0.849. The van der Waals surface area contributed by atoms with Gasteiger partial charge in [-0.2, -0.15) is 0 Å². The van der Waals surface area contributed by atoms with Gasteiger partial charge in [-0.25, -0.2) is 12.8 Å². The zero-order valence-electron chi connectivity index (χ0n) is 12.1. The number of anilines is 1. The molecule has 2 rings (SSSR count). The highest BCUT2D eigenvalue weighted by atomic mass is 32.2. The first-order valence-electron chi connectivity index (χ1n) is 7.16. The lowest BCUT2D eigenvalue weighted by molar-refractivity contribution is -0.116. The molecule has 1 aromatic carbocycles. The van der Waals surface area contributed by atoms with E-state index in [-0.39, 0.29) is 16.5 Å². The van der Waals surface area contributed by atoms with E-state index in [4.69, 9.17) is 0 Å². The molecule has 1 aromatic rings. The number of carbonyl (C=O) groups excluding carboxylic acids is 1. The van der Waals surface area contributed by atoms with Crippen molar-refractivity contribution in [3.05, 3.63) is 24.0 Å². The minimum absolute atomic E-state index is 0.00464. The van der Waals surface area contributed by atoms with E-state index in [0.717, 1.165) is 37.7 Å². The maximum absolute atomic E-state index is 13.6. The van der Waals surface area contributed by atoms with E-state index in [9.17, 15) is 17.6 Å². The molecule has 0 atom stereocenters. The zero-order valence-corrected chi connectivity index (χ0v) is 12.9. The molecule has 1 fully saturated rings. The van der Waals surface area contributed by atoms with Crippen molar-refractivity contribution in [2.75, 3.05) is 11.6 Å². The fourth-order valence-corrected chi connectivity index (χ4v) is 3.32. The fraction of sp³-hybridized carbons (Fsp3) is 0.533. The first-order valence-corrected chi connectivity index (χ1v) is 9.05. The van der Waals surface area contributed by atoms with E-state index >= 15 is 0 Å². The van der Waals surface area contributed by atoms with Crippen LogP contribution in [0.2, 0.25) is 0 Å². The Morgan fingerprint density at radius 3 is 2.62 bits per heavy atom. The van der Waals surface area contributed by atoms with Crippen LogP contribution in [-0.4, -0.2) is 20.6 Å². The van der Waals surface area contributed by atoms with Crippen LogP contribution < -0.4 is 5.32 Å². The number of hydrogen-bond donors (Lipinski definition) is 1. The number of nitrogens with one attached hydrogen (secondary N) is 1. The molecule has 1 amide bonds. The van der Waals surface area contributed by atoms with Crippen molar-refractivity contribution in [3.63, 3.8) is 0 Å². The molecule has 1 aliphatic carbocycles. The Morgan fingerprint density at radius 2 is 2.00 bits per heavy atom. The van der Waals surface area contributed by atoms with Gasteiger partial charge in [0.05, 0.1) is 10.6 Å². The van der Waals surface area contributed by atoms with Crippen LogP contribution in [0.4, 0.5) is 10.1 Å². The summed E-state index contributed by atoms with van der Waals surface area (Å²) in [4.78, 5) is 11.9. The largest absolute Gasteiger partial charge is 0.324 e. The topological polar surface area (TPSA) is 63.2 Å². The Morgan fingerprint density at radius 1 is 1.33 bits per heavy atom. The second-order valence-corrected chi connectivity index (χ2v) is 7.67. The predicted molar refractivity (Wildman–Crippen MR) is 79.3 cm³/mol. The van der Waals surface area contributed by atoms with Crippen LogP contribution in [0.15, 0.2) is 23.1 Å². The number of halogens is 1. The average Bonchev–Trinajstić information content (AvgIpc) is 2.91. The lowest BCUT2D eigenvalue weighted by Crippen LogP contribution is -2.14. The first-order chi connectivity index (χ1) is 9.86. The average molecular weight is 313 g/mol. The maximum atomic E-state index is 13.6. The third-order valence-corrected chi connectivity index (χ3v) is 5.00. The molecule has 0 aliphatic heterocycles. The third-order valence-electron chi connectivity index (χ3n) is 3.89. The molecular weight excluding hydrogens is 293 g/mol. The van der Waals surface area contributed by atoms with Gasteiger partial charge < -0.3 is 5.32 Å². The summed E-state index contributed by atoms with van der Waals surface area (Å²) in [5, 5.41) is 2.47. The Bertz CT molecular complexity index is 622. The fourth-order valence-electron chi connectivity index (χ4n) is 2.68. The second kappa shape index (κ2) is 6.56. The van der Waals surface area contributed by atoms with Crippen LogP contribution in [-0.2, 0) is 14.6 Å². The molecule has 1 N–H and O–H groups in total. The van der Waals surface area contributed by atoms with E-state index in [1.54, 1.807) is 0 Å². The SMILES string of the molecule is CS(=O)(=O)c1ccc(F)c(NC(=O)CCC2CCCC2)c1. The molecule has 6 heteroatoms. The van der Waals surface area contributed by atoms with Gasteiger partial charge in [0, 0.05) is 12.7 Å². The molecule has 21 heavy (non-hydrogen) atoms. The van der Waals surface area contributed by atoms with Crippen LogP contribution in [0.5, 0.6) is 0 Å². The number of hydrogen-bond acceptors (Lipinski definition) is 3. The van der Waals surface area contributed by atoms with Gasteiger partial charge >= 0.3 is 0 Å². The normalized spacial score (nSPS) is 16.1. The van der Waals surface area contributed by atoms with Crippen molar-refractivity contribution in [2.24, 2.45) is 5.92 Å². The molecule has 116 valence electrons. The van der Waals surface area contributed by atoms with Crippen LogP contribution in [0.25, 0.3) is 0 Å². The van der Waals surface area contributed by atoms with Crippen molar-refractivity contribution < 1.29 is 17.6 Å². The third kappa shape index (κ3) is 4.52. The summed E-state index contributed by atoms with van der Waals surface area (Å²) < 4.78 is 36.5. The van der Waals surface area contributed by atoms with Crippen LogP contribution >= 0.6 is 0 Å². The van der Waals surface area contributed by atoms with Gasteiger partial charge in [-0.05, 0) is 30.5 Å². The van der Waals surface area contributed by atoms with Crippen molar-refractivity contribution in [2.45, 2.75) is 43.4 Å². The minimum atomic E-state index is -3.42. The molecule has 0 aromatic heterocycles. The Kier molecular flexibility index (Phi) is 4.98. The number of carbonyl (C=O) groups is 1. The molecule has 0 saturated heterocycles. The lowest BCUT2D eigenvalue weighted by atomic mass is 10.0.